The minimum absolute atomic E-state index is 0.0657. The molecule has 0 aliphatic heterocycles. The number of hydrogen-bond acceptors (Lipinski definition) is 5. The van der Waals surface area contributed by atoms with E-state index in [0.717, 1.165) is 11.4 Å². The van der Waals surface area contributed by atoms with E-state index in [1.165, 1.54) is 6.92 Å². The van der Waals surface area contributed by atoms with Crippen molar-refractivity contribution >= 4 is 17.4 Å². The van der Waals surface area contributed by atoms with Crippen LogP contribution in [0.4, 0.5) is 5.69 Å². The third-order valence-corrected chi connectivity index (χ3v) is 3.09. The lowest BCUT2D eigenvalue weighted by molar-refractivity contribution is -0.146. The van der Waals surface area contributed by atoms with Crippen molar-refractivity contribution in [3.8, 4) is 5.75 Å². The summed E-state index contributed by atoms with van der Waals surface area (Å²) in [4.78, 5) is 23.5. The molecule has 0 saturated carbocycles. The number of hydrogen-bond donors (Lipinski definition) is 1. The normalized spacial score (nSPS) is 13.2. The standard InChI is InChI=1S/C15H21NO4/c1-5-20-15(18)14(10(2)11(3)17)16-12-6-8-13(19-4)9-7-12/h6-10,14,16H,5H2,1-4H3/t10-,14+/m1/s1. The number of esters is 1. The zero-order chi connectivity index (χ0) is 15.1. The predicted octanol–water partition coefficient (Wildman–Crippen LogP) is 2.26. The minimum atomic E-state index is -0.694. The van der Waals surface area contributed by atoms with Crippen molar-refractivity contribution in [1.29, 1.82) is 0 Å². The maximum absolute atomic E-state index is 12.0. The Morgan fingerprint density at radius 1 is 1.25 bits per heavy atom. The summed E-state index contributed by atoms with van der Waals surface area (Å²) in [5.41, 5.74) is 0.733. The average Bonchev–Trinajstić information content (AvgIpc) is 2.44. The third-order valence-electron chi connectivity index (χ3n) is 3.09. The molecule has 0 radical (unpaired) electrons. The number of benzene rings is 1. The molecule has 1 rings (SSSR count). The number of Topliss-reactive ketones (excluding diaryl/α,β-unsaturated/α-hetero) is 1. The first-order chi connectivity index (χ1) is 9.49. The molecule has 0 fully saturated rings. The first kappa shape index (κ1) is 16.0. The van der Waals surface area contributed by atoms with Crippen LogP contribution < -0.4 is 10.1 Å². The van der Waals surface area contributed by atoms with Gasteiger partial charge in [-0.3, -0.25) is 4.79 Å². The van der Waals surface area contributed by atoms with E-state index >= 15 is 0 Å². The third kappa shape index (κ3) is 4.26. The second-order valence-corrected chi connectivity index (χ2v) is 4.50. The lowest BCUT2D eigenvalue weighted by atomic mass is 9.97. The first-order valence-corrected chi connectivity index (χ1v) is 6.57. The highest BCUT2D eigenvalue weighted by Crippen LogP contribution is 2.19. The quantitative estimate of drug-likeness (QED) is 0.776. The van der Waals surface area contributed by atoms with E-state index in [-0.39, 0.29) is 12.4 Å². The van der Waals surface area contributed by atoms with Crippen LogP contribution in [0.3, 0.4) is 0 Å². The molecule has 5 heteroatoms. The minimum Gasteiger partial charge on any atom is -0.497 e. The Balaban J connectivity index is 2.87. The van der Waals surface area contributed by atoms with Crippen molar-refractivity contribution in [2.45, 2.75) is 26.8 Å². The van der Waals surface area contributed by atoms with E-state index in [2.05, 4.69) is 5.32 Å². The lowest BCUT2D eigenvalue weighted by Gasteiger charge is -2.22. The molecule has 110 valence electrons. The largest absolute Gasteiger partial charge is 0.497 e. The molecular formula is C15H21NO4. The van der Waals surface area contributed by atoms with Gasteiger partial charge in [0.25, 0.3) is 0 Å². The Labute approximate surface area is 119 Å². The molecular weight excluding hydrogens is 258 g/mol. The number of carbonyl (C=O) groups excluding carboxylic acids is 2. The molecule has 0 aliphatic rings. The van der Waals surface area contributed by atoms with Gasteiger partial charge in [0, 0.05) is 11.6 Å². The zero-order valence-corrected chi connectivity index (χ0v) is 12.3. The van der Waals surface area contributed by atoms with Gasteiger partial charge in [-0.15, -0.1) is 0 Å². The molecule has 0 unspecified atom stereocenters. The molecule has 1 aromatic carbocycles. The summed E-state index contributed by atoms with van der Waals surface area (Å²) < 4.78 is 10.1. The summed E-state index contributed by atoms with van der Waals surface area (Å²) in [5, 5.41) is 3.05. The molecule has 0 heterocycles. The number of methoxy groups -OCH3 is 1. The summed E-state index contributed by atoms with van der Waals surface area (Å²) >= 11 is 0. The van der Waals surface area contributed by atoms with Crippen molar-refractivity contribution in [3.05, 3.63) is 24.3 Å². The summed E-state index contributed by atoms with van der Waals surface area (Å²) in [5.74, 6) is -0.228. The van der Waals surface area contributed by atoms with Crippen LogP contribution in [0, 0.1) is 5.92 Å². The summed E-state index contributed by atoms with van der Waals surface area (Å²) in [7, 11) is 1.58. The molecule has 0 amide bonds. The Hall–Kier alpha value is -2.04. The van der Waals surface area contributed by atoms with Crippen LogP contribution >= 0.6 is 0 Å². The van der Waals surface area contributed by atoms with Gasteiger partial charge in [-0.05, 0) is 38.1 Å². The maximum atomic E-state index is 12.0. The van der Waals surface area contributed by atoms with Crippen molar-refractivity contribution < 1.29 is 19.1 Å². The fourth-order valence-electron chi connectivity index (χ4n) is 1.72. The van der Waals surface area contributed by atoms with Crippen LogP contribution in [0.15, 0.2) is 24.3 Å². The summed E-state index contributed by atoms with van der Waals surface area (Å²) in [6, 6.07) is 6.45. The van der Waals surface area contributed by atoms with Gasteiger partial charge in [0.2, 0.25) is 0 Å². The van der Waals surface area contributed by atoms with Crippen LogP contribution in [-0.2, 0) is 14.3 Å². The fraction of sp³-hybridized carbons (Fsp3) is 0.467. The second kappa shape index (κ2) is 7.53. The zero-order valence-electron chi connectivity index (χ0n) is 12.3. The summed E-state index contributed by atoms with van der Waals surface area (Å²) in [6.45, 7) is 5.19. The van der Waals surface area contributed by atoms with E-state index in [4.69, 9.17) is 9.47 Å². The Morgan fingerprint density at radius 3 is 2.30 bits per heavy atom. The van der Waals surface area contributed by atoms with E-state index in [0.29, 0.717) is 0 Å². The van der Waals surface area contributed by atoms with Gasteiger partial charge in [-0.2, -0.15) is 0 Å². The van der Waals surface area contributed by atoms with E-state index in [9.17, 15) is 9.59 Å². The number of ketones is 1. The highest BCUT2D eigenvalue weighted by Gasteiger charge is 2.29. The van der Waals surface area contributed by atoms with Gasteiger partial charge < -0.3 is 14.8 Å². The van der Waals surface area contributed by atoms with Gasteiger partial charge in [-0.25, -0.2) is 4.79 Å². The van der Waals surface area contributed by atoms with Gasteiger partial charge in [0.15, 0.2) is 0 Å². The molecule has 2 atom stereocenters. The molecule has 0 spiro atoms. The number of nitrogens with one attached hydrogen (secondary N) is 1. The Morgan fingerprint density at radius 2 is 1.85 bits per heavy atom. The van der Waals surface area contributed by atoms with Gasteiger partial charge in [-0.1, -0.05) is 6.92 Å². The highest BCUT2D eigenvalue weighted by atomic mass is 16.5. The van der Waals surface area contributed by atoms with Crippen LogP contribution in [0.2, 0.25) is 0 Å². The molecule has 0 aromatic heterocycles. The topological polar surface area (TPSA) is 64.6 Å². The first-order valence-electron chi connectivity index (χ1n) is 6.57. The average molecular weight is 279 g/mol. The van der Waals surface area contributed by atoms with Crippen LogP contribution in [0.1, 0.15) is 20.8 Å². The van der Waals surface area contributed by atoms with Crippen LogP contribution in [0.5, 0.6) is 5.75 Å². The van der Waals surface area contributed by atoms with Crippen molar-refractivity contribution in [2.24, 2.45) is 5.92 Å². The molecule has 0 aliphatic carbocycles. The van der Waals surface area contributed by atoms with E-state index in [1.807, 2.05) is 0 Å². The summed E-state index contributed by atoms with van der Waals surface area (Å²) in [6.07, 6.45) is 0. The number of anilines is 1. The van der Waals surface area contributed by atoms with Gasteiger partial charge in [0.1, 0.15) is 17.6 Å². The van der Waals surface area contributed by atoms with Gasteiger partial charge >= 0.3 is 5.97 Å². The molecule has 5 nitrogen and oxygen atoms in total. The molecule has 20 heavy (non-hydrogen) atoms. The number of ether oxygens (including phenoxy) is 2. The monoisotopic (exact) mass is 279 g/mol. The van der Waals surface area contributed by atoms with Crippen LogP contribution in [-0.4, -0.2) is 31.5 Å². The van der Waals surface area contributed by atoms with E-state index in [1.54, 1.807) is 45.2 Å². The molecule has 1 aromatic rings. The fourth-order valence-corrected chi connectivity index (χ4v) is 1.72. The smallest absolute Gasteiger partial charge is 0.329 e. The lowest BCUT2D eigenvalue weighted by Crippen LogP contribution is -2.40. The SMILES string of the molecule is CCOC(=O)[C@@H](Nc1ccc(OC)cc1)[C@H](C)C(C)=O. The van der Waals surface area contributed by atoms with Gasteiger partial charge in [0.05, 0.1) is 13.7 Å². The Kier molecular flexibility index (Phi) is 6.03. The van der Waals surface area contributed by atoms with Crippen molar-refractivity contribution in [1.82, 2.24) is 0 Å². The maximum Gasteiger partial charge on any atom is 0.329 e. The number of carbonyl (C=O) groups is 2. The predicted molar refractivity (Wildman–Crippen MR) is 76.9 cm³/mol. The highest BCUT2D eigenvalue weighted by molar-refractivity contribution is 5.89. The molecule has 1 N–H and O–H groups in total. The number of rotatable bonds is 7. The van der Waals surface area contributed by atoms with Crippen LogP contribution in [0.25, 0.3) is 0 Å². The molecule has 0 saturated heterocycles. The van der Waals surface area contributed by atoms with Crippen molar-refractivity contribution in [2.75, 3.05) is 19.0 Å². The van der Waals surface area contributed by atoms with Crippen molar-refractivity contribution in [3.63, 3.8) is 0 Å². The second-order valence-electron chi connectivity index (χ2n) is 4.50. The Bertz CT molecular complexity index is 455. The molecule has 0 bridgehead atoms. The van der Waals surface area contributed by atoms with E-state index < -0.39 is 17.9 Å².